The molecule has 0 atom stereocenters. The summed E-state index contributed by atoms with van der Waals surface area (Å²) < 4.78 is 0. The number of hydrogen-bond acceptors (Lipinski definition) is 3. The molecule has 2 aromatic rings. The summed E-state index contributed by atoms with van der Waals surface area (Å²) in [5, 5.41) is 3.31. The van der Waals surface area contributed by atoms with Gasteiger partial charge in [0.2, 0.25) is 0 Å². The zero-order valence-corrected chi connectivity index (χ0v) is 8.90. The van der Waals surface area contributed by atoms with E-state index >= 15 is 0 Å². The van der Waals surface area contributed by atoms with Crippen LogP contribution in [0.5, 0.6) is 0 Å². The Morgan fingerprint density at radius 3 is 2.80 bits per heavy atom. The lowest BCUT2D eigenvalue weighted by molar-refractivity contribution is 0.664. The van der Waals surface area contributed by atoms with E-state index in [2.05, 4.69) is 22.2 Å². The molecule has 15 heavy (non-hydrogen) atoms. The zero-order chi connectivity index (χ0) is 10.5. The summed E-state index contributed by atoms with van der Waals surface area (Å²) in [6.07, 6.45) is 2.98. The molecular formula is C12H15N3. The van der Waals surface area contributed by atoms with Crippen LogP contribution in [-0.4, -0.2) is 16.5 Å². The number of benzene rings is 1. The molecule has 0 aliphatic rings. The van der Waals surface area contributed by atoms with Crippen molar-refractivity contribution in [2.24, 2.45) is 0 Å². The Labute approximate surface area is 89.6 Å². The lowest BCUT2D eigenvalue weighted by atomic mass is 10.3. The topological polar surface area (TPSA) is 37.8 Å². The monoisotopic (exact) mass is 201 g/mol. The number of nitrogens with one attached hydrogen (secondary N) is 1. The first kappa shape index (κ1) is 10.1. The van der Waals surface area contributed by atoms with Crippen LogP contribution < -0.4 is 5.32 Å². The molecule has 1 heterocycles. The van der Waals surface area contributed by atoms with Gasteiger partial charge in [-0.3, -0.25) is 4.98 Å². The fourth-order valence-electron chi connectivity index (χ4n) is 1.47. The van der Waals surface area contributed by atoms with Crippen molar-refractivity contribution < 1.29 is 0 Å². The third kappa shape index (κ3) is 2.50. The van der Waals surface area contributed by atoms with Gasteiger partial charge in [0.1, 0.15) is 0 Å². The summed E-state index contributed by atoms with van der Waals surface area (Å²) in [7, 11) is 0. The van der Waals surface area contributed by atoms with Crippen LogP contribution in [-0.2, 0) is 6.54 Å². The fourth-order valence-corrected chi connectivity index (χ4v) is 1.47. The Bertz CT molecular complexity index is 440. The summed E-state index contributed by atoms with van der Waals surface area (Å²) in [6, 6.07) is 7.93. The molecule has 3 heteroatoms. The molecule has 2 rings (SSSR count). The third-order valence-electron chi connectivity index (χ3n) is 2.23. The highest BCUT2D eigenvalue weighted by molar-refractivity contribution is 5.73. The molecule has 0 aliphatic heterocycles. The number of fused-ring (bicyclic) bond motifs is 1. The van der Waals surface area contributed by atoms with Gasteiger partial charge in [0.05, 0.1) is 22.9 Å². The fraction of sp³-hybridized carbons (Fsp3) is 0.333. The van der Waals surface area contributed by atoms with Gasteiger partial charge in [-0.05, 0) is 25.1 Å². The first-order valence-electron chi connectivity index (χ1n) is 5.31. The normalized spacial score (nSPS) is 10.7. The van der Waals surface area contributed by atoms with Gasteiger partial charge in [0.15, 0.2) is 0 Å². The molecule has 3 nitrogen and oxygen atoms in total. The molecule has 0 aliphatic carbocycles. The third-order valence-corrected chi connectivity index (χ3v) is 2.23. The molecule has 0 fully saturated rings. The standard InChI is InChI=1S/C12H15N3/c1-2-7-13-8-10-9-14-11-5-3-4-6-12(11)15-10/h3-6,9,13H,2,7-8H2,1H3. The van der Waals surface area contributed by atoms with Gasteiger partial charge < -0.3 is 5.32 Å². The van der Waals surface area contributed by atoms with Crippen molar-refractivity contribution in [3.63, 3.8) is 0 Å². The zero-order valence-electron chi connectivity index (χ0n) is 8.90. The maximum atomic E-state index is 4.52. The van der Waals surface area contributed by atoms with Crippen molar-refractivity contribution in [3.8, 4) is 0 Å². The van der Waals surface area contributed by atoms with Gasteiger partial charge in [-0.1, -0.05) is 19.1 Å². The lowest BCUT2D eigenvalue weighted by Gasteiger charge is -2.03. The molecule has 1 N–H and O–H groups in total. The lowest BCUT2D eigenvalue weighted by Crippen LogP contribution is -2.14. The van der Waals surface area contributed by atoms with E-state index < -0.39 is 0 Å². The van der Waals surface area contributed by atoms with Crippen LogP contribution in [0.4, 0.5) is 0 Å². The van der Waals surface area contributed by atoms with E-state index in [-0.39, 0.29) is 0 Å². The number of hydrogen-bond donors (Lipinski definition) is 1. The van der Waals surface area contributed by atoms with Crippen LogP contribution in [0.25, 0.3) is 11.0 Å². The maximum Gasteiger partial charge on any atom is 0.0890 e. The first-order chi connectivity index (χ1) is 7.40. The van der Waals surface area contributed by atoms with Crippen LogP contribution in [0.3, 0.4) is 0 Å². The van der Waals surface area contributed by atoms with Crippen molar-refractivity contribution in [2.45, 2.75) is 19.9 Å². The number of para-hydroxylation sites is 2. The predicted molar refractivity (Wildman–Crippen MR) is 61.5 cm³/mol. The van der Waals surface area contributed by atoms with Gasteiger partial charge in [0, 0.05) is 6.54 Å². The summed E-state index contributed by atoms with van der Waals surface area (Å²) in [5.74, 6) is 0. The SMILES string of the molecule is CCCNCc1cnc2ccccc2n1. The Kier molecular flexibility index (Phi) is 3.25. The molecule has 78 valence electrons. The summed E-state index contributed by atoms with van der Waals surface area (Å²) in [6.45, 7) is 3.97. The molecule has 0 radical (unpaired) electrons. The highest BCUT2D eigenvalue weighted by atomic mass is 14.9. The predicted octanol–water partition coefficient (Wildman–Crippen LogP) is 2.13. The molecule has 0 bridgehead atoms. The highest BCUT2D eigenvalue weighted by Crippen LogP contribution is 2.07. The number of nitrogens with zero attached hydrogens (tertiary/aromatic N) is 2. The van der Waals surface area contributed by atoms with Crippen LogP contribution in [0.15, 0.2) is 30.5 Å². The van der Waals surface area contributed by atoms with Crippen molar-refractivity contribution in [1.82, 2.24) is 15.3 Å². The summed E-state index contributed by atoms with van der Waals surface area (Å²) >= 11 is 0. The molecular weight excluding hydrogens is 186 g/mol. The van der Waals surface area contributed by atoms with E-state index in [1.54, 1.807) is 0 Å². The first-order valence-corrected chi connectivity index (χ1v) is 5.31. The molecule has 0 saturated heterocycles. The van der Waals surface area contributed by atoms with Crippen LogP contribution in [0, 0.1) is 0 Å². The molecule has 0 saturated carbocycles. The number of aromatic nitrogens is 2. The van der Waals surface area contributed by atoms with Crippen molar-refractivity contribution in [2.75, 3.05) is 6.54 Å². The van der Waals surface area contributed by atoms with Crippen LogP contribution in [0.2, 0.25) is 0 Å². The average Bonchev–Trinajstić information content (AvgIpc) is 2.29. The highest BCUT2D eigenvalue weighted by Gasteiger charge is 1.97. The van der Waals surface area contributed by atoms with Gasteiger partial charge in [0.25, 0.3) is 0 Å². The Hall–Kier alpha value is -1.48. The van der Waals surface area contributed by atoms with E-state index in [4.69, 9.17) is 0 Å². The summed E-state index contributed by atoms with van der Waals surface area (Å²) in [4.78, 5) is 8.88. The van der Waals surface area contributed by atoms with Gasteiger partial charge >= 0.3 is 0 Å². The maximum absolute atomic E-state index is 4.52. The second-order valence-corrected chi connectivity index (χ2v) is 3.53. The van der Waals surface area contributed by atoms with Crippen molar-refractivity contribution in [3.05, 3.63) is 36.2 Å². The molecule has 1 aromatic heterocycles. The largest absolute Gasteiger partial charge is 0.311 e. The van der Waals surface area contributed by atoms with Crippen molar-refractivity contribution >= 4 is 11.0 Å². The van der Waals surface area contributed by atoms with Crippen LogP contribution in [0.1, 0.15) is 19.0 Å². The van der Waals surface area contributed by atoms with Gasteiger partial charge in [-0.15, -0.1) is 0 Å². The van der Waals surface area contributed by atoms with Gasteiger partial charge in [-0.25, -0.2) is 4.98 Å². The molecule has 0 spiro atoms. The smallest absolute Gasteiger partial charge is 0.0890 e. The average molecular weight is 201 g/mol. The van der Waals surface area contributed by atoms with E-state index in [0.29, 0.717) is 0 Å². The summed E-state index contributed by atoms with van der Waals surface area (Å²) in [5.41, 5.74) is 2.92. The van der Waals surface area contributed by atoms with Crippen molar-refractivity contribution in [1.29, 1.82) is 0 Å². The molecule has 0 amide bonds. The minimum atomic E-state index is 0.797. The second-order valence-electron chi connectivity index (χ2n) is 3.53. The number of rotatable bonds is 4. The van der Waals surface area contributed by atoms with E-state index in [0.717, 1.165) is 36.2 Å². The minimum absolute atomic E-state index is 0.797. The van der Waals surface area contributed by atoms with E-state index in [1.807, 2.05) is 30.5 Å². The Morgan fingerprint density at radius 2 is 2.00 bits per heavy atom. The van der Waals surface area contributed by atoms with E-state index in [9.17, 15) is 0 Å². The second kappa shape index (κ2) is 4.84. The quantitative estimate of drug-likeness (QED) is 0.770. The minimum Gasteiger partial charge on any atom is -0.311 e. The molecule has 0 unspecified atom stereocenters. The van der Waals surface area contributed by atoms with Gasteiger partial charge in [-0.2, -0.15) is 0 Å². The van der Waals surface area contributed by atoms with E-state index in [1.165, 1.54) is 0 Å². The van der Waals surface area contributed by atoms with Crippen LogP contribution >= 0.6 is 0 Å². The Morgan fingerprint density at radius 1 is 1.20 bits per heavy atom. The Balaban J connectivity index is 2.16. The molecule has 1 aromatic carbocycles.